The minimum atomic E-state index is -0.977. The van der Waals surface area contributed by atoms with Gasteiger partial charge in [0.05, 0.1) is 11.2 Å². The predicted octanol–water partition coefficient (Wildman–Crippen LogP) is 2.88. The van der Waals surface area contributed by atoms with Crippen molar-refractivity contribution in [3.05, 3.63) is 64.4 Å². The molecule has 0 radical (unpaired) electrons. The van der Waals surface area contributed by atoms with E-state index in [1.165, 1.54) is 18.2 Å². The molecule has 0 saturated heterocycles. The van der Waals surface area contributed by atoms with Crippen LogP contribution in [0.4, 0.5) is 10.1 Å². The summed E-state index contributed by atoms with van der Waals surface area (Å²) in [6.45, 7) is 1.86. The highest BCUT2D eigenvalue weighted by Gasteiger charge is 2.13. The van der Waals surface area contributed by atoms with E-state index in [1.54, 1.807) is 18.2 Å². The van der Waals surface area contributed by atoms with E-state index in [-0.39, 0.29) is 10.6 Å². The van der Waals surface area contributed by atoms with Crippen LogP contribution in [0.1, 0.15) is 11.1 Å². The second-order valence-electron chi connectivity index (χ2n) is 4.66. The number of benzene rings is 2. The lowest BCUT2D eigenvalue weighted by Gasteiger charge is -2.04. The molecular weight excluding hydrogens is 321 g/mol. The van der Waals surface area contributed by atoms with E-state index in [1.807, 2.05) is 18.4 Å². The number of carbonyl (C=O) groups is 2. The van der Waals surface area contributed by atoms with Crippen LogP contribution < -0.4 is 10.7 Å². The predicted molar refractivity (Wildman–Crippen MR) is 87.0 cm³/mol. The Morgan fingerprint density at radius 1 is 1.17 bits per heavy atom. The van der Waals surface area contributed by atoms with Crippen LogP contribution in [0.3, 0.4) is 0 Å². The molecule has 2 amide bonds. The molecule has 2 aromatic carbocycles. The summed E-state index contributed by atoms with van der Waals surface area (Å²) in [5.74, 6) is -2.44. The molecule has 0 unspecified atom stereocenters. The Kier molecular flexibility index (Phi) is 5.43. The molecule has 0 aliphatic carbocycles. The van der Waals surface area contributed by atoms with Gasteiger partial charge in [0.2, 0.25) is 0 Å². The zero-order valence-electron chi connectivity index (χ0n) is 12.1. The van der Waals surface area contributed by atoms with Crippen LogP contribution in [0, 0.1) is 12.7 Å². The maximum Gasteiger partial charge on any atom is 0.329 e. The van der Waals surface area contributed by atoms with E-state index in [0.717, 1.165) is 11.8 Å². The first-order chi connectivity index (χ1) is 11.0. The van der Waals surface area contributed by atoms with E-state index in [2.05, 4.69) is 10.4 Å². The SMILES string of the molecule is Cc1cccc(NC(=O)C(=O)NN=Cc2c(F)cccc2Cl)c1. The Hall–Kier alpha value is -2.73. The van der Waals surface area contributed by atoms with Crippen molar-refractivity contribution in [3.8, 4) is 0 Å². The van der Waals surface area contributed by atoms with Gasteiger partial charge in [0.1, 0.15) is 5.82 Å². The highest BCUT2D eigenvalue weighted by molar-refractivity contribution is 6.39. The maximum atomic E-state index is 13.5. The number of hydrogen-bond acceptors (Lipinski definition) is 3. The van der Waals surface area contributed by atoms with E-state index >= 15 is 0 Å². The smallest absolute Gasteiger partial charge is 0.318 e. The molecule has 0 saturated carbocycles. The molecule has 118 valence electrons. The fraction of sp³-hybridized carbons (Fsp3) is 0.0625. The highest BCUT2D eigenvalue weighted by Crippen LogP contribution is 2.16. The molecule has 0 heterocycles. The van der Waals surface area contributed by atoms with Gasteiger partial charge in [-0.1, -0.05) is 29.8 Å². The summed E-state index contributed by atoms with van der Waals surface area (Å²) in [6, 6.07) is 11.1. The molecule has 23 heavy (non-hydrogen) atoms. The van der Waals surface area contributed by atoms with Gasteiger partial charge in [-0.3, -0.25) is 9.59 Å². The van der Waals surface area contributed by atoms with E-state index in [4.69, 9.17) is 11.6 Å². The molecule has 0 fully saturated rings. The van der Waals surface area contributed by atoms with Gasteiger partial charge < -0.3 is 5.32 Å². The lowest BCUT2D eigenvalue weighted by atomic mass is 10.2. The summed E-state index contributed by atoms with van der Waals surface area (Å²) in [5, 5.41) is 6.11. The minimum absolute atomic E-state index is 0.0218. The number of hydrazone groups is 1. The first-order valence-corrected chi connectivity index (χ1v) is 7.00. The molecule has 2 aromatic rings. The third-order valence-corrected chi connectivity index (χ3v) is 3.17. The molecule has 2 rings (SSSR count). The Morgan fingerprint density at radius 2 is 1.91 bits per heavy atom. The molecule has 2 N–H and O–H groups in total. The van der Waals surface area contributed by atoms with Crippen LogP contribution >= 0.6 is 11.6 Å². The maximum absolute atomic E-state index is 13.5. The Morgan fingerprint density at radius 3 is 2.61 bits per heavy atom. The van der Waals surface area contributed by atoms with E-state index in [9.17, 15) is 14.0 Å². The molecule has 5 nitrogen and oxygen atoms in total. The van der Waals surface area contributed by atoms with Gasteiger partial charge in [-0.25, -0.2) is 9.82 Å². The second kappa shape index (κ2) is 7.51. The monoisotopic (exact) mass is 333 g/mol. The normalized spacial score (nSPS) is 10.6. The summed E-state index contributed by atoms with van der Waals surface area (Å²) in [4.78, 5) is 23.3. The highest BCUT2D eigenvalue weighted by atomic mass is 35.5. The number of hydrogen-bond donors (Lipinski definition) is 2. The van der Waals surface area contributed by atoms with Gasteiger partial charge in [0.25, 0.3) is 0 Å². The number of nitrogens with zero attached hydrogens (tertiary/aromatic N) is 1. The Balaban J connectivity index is 1.96. The number of rotatable bonds is 3. The van der Waals surface area contributed by atoms with Crippen molar-refractivity contribution in [2.75, 3.05) is 5.32 Å². The van der Waals surface area contributed by atoms with Gasteiger partial charge in [-0.05, 0) is 36.8 Å². The molecule has 0 aliphatic heterocycles. The van der Waals surface area contributed by atoms with E-state index in [0.29, 0.717) is 5.69 Å². The topological polar surface area (TPSA) is 70.6 Å². The minimum Gasteiger partial charge on any atom is -0.318 e. The number of aryl methyl sites for hydroxylation is 1. The Bertz CT molecular complexity index is 757. The van der Waals surface area contributed by atoms with Crippen molar-refractivity contribution in [2.24, 2.45) is 5.10 Å². The zero-order valence-corrected chi connectivity index (χ0v) is 12.9. The Labute approximate surface area is 137 Å². The van der Waals surface area contributed by atoms with Crippen LogP contribution in [0.5, 0.6) is 0 Å². The fourth-order valence-corrected chi connectivity index (χ4v) is 1.96. The number of halogens is 2. The molecular formula is C16H13ClFN3O2. The average molecular weight is 334 g/mol. The van der Waals surface area contributed by atoms with Gasteiger partial charge in [0, 0.05) is 11.3 Å². The summed E-state index contributed by atoms with van der Waals surface area (Å²) in [7, 11) is 0. The molecule has 0 atom stereocenters. The summed E-state index contributed by atoms with van der Waals surface area (Å²) < 4.78 is 13.5. The van der Waals surface area contributed by atoms with Crippen molar-refractivity contribution < 1.29 is 14.0 Å². The van der Waals surface area contributed by atoms with E-state index < -0.39 is 17.6 Å². The fourth-order valence-electron chi connectivity index (χ4n) is 1.75. The molecule has 0 spiro atoms. The van der Waals surface area contributed by atoms with Crippen molar-refractivity contribution in [1.82, 2.24) is 5.43 Å². The largest absolute Gasteiger partial charge is 0.329 e. The third kappa shape index (κ3) is 4.62. The summed E-state index contributed by atoms with van der Waals surface area (Å²) >= 11 is 5.81. The van der Waals surface area contributed by atoms with Gasteiger partial charge >= 0.3 is 11.8 Å². The van der Waals surface area contributed by atoms with Crippen molar-refractivity contribution >= 4 is 35.3 Å². The van der Waals surface area contributed by atoms with Crippen molar-refractivity contribution in [2.45, 2.75) is 6.92 Å². The molecule has 0 aromatic heterocycles. The van der Waals surface area contributed by atoms with Crippen molar-refractivity contribution in [3.63, 3.8) is 0 Å². The lowest BCUT2D eigenvalue weighted by Crippen LogP contribution is -2.32. The summed E-state index contributed by atoms with van der Waals surface area (Å²) in [5.41, 5.74) is 3.47. The quantitative estimate of drug-likeness (QED) is 0.515. The zero-order chi connectivity index (χ0) is 16.8. The number of anilines is 1. The molecule has 0 bridgehead atoms. The lowest BCUT2D eigenvalue weighted by molar-refractivity contribution is -0.136. The standard InChI is InChI=1S/C16H13ClFN3O2/c1-10-4-2-5-11(8-10)20-15(22)16(23)21-19-9-12-13(17)6-3-7-14(12)18/h2-9H,1H3,(H,20,22)(H,21,23). The number of nitrogens with one attached hydrogen (secondary N) is 2. The third-order valence-electron chi connectivity index (χ3n) is 2.84. The van der Waals surface area contributed by atoms with Crippen LogP contribution in [0.15, 0.2) is 47.6 Å². The van der Waals surface area contributed by atoms with Crippen LogP contribution in [0.25, 0.3) is 0 Å². The first-order valence-electron chi connectivity index (χ1n) is 6.62. The van der Waals surface area contributed by atoms with Crippen LogP contribution in [0.2, 0.25) is 5.02 Å². The van der Waals surface area contributed by atoms with Gasteiger partial charge in [-0.15, -0.1) is 0 Å². The second-order valence-corrected chi connectivity index (χ2v) is 5.07. The molecule has 0 aliphatic rings. The van der Waals surface area contributed by atoms with Gasteiger partial charge in [0.15, 0.2) is 0 Å². The average Bonchev–Trinajstić information content (AvgIpc) is 2.50. The molecule has 7 heteroatoms. The first kappa shape index (κ1) is 16.6. The van der Waals surface area contributed by atoms with Crippen molar-refractivity contribution in [1.29, 1.82) is 0 Å². The number of carbonyl (C=O) groups excluding carboxylic acids is 2. The summed E-state index contributed by atoms with van der Waals surface area (Å²) in [6.07, 6.45) is 1.04. The number of amides is 2. The van der Waals surface area contributed by atoms with Crippen LogP contribution in [-0.4, -0.2) is 18.0 Å². The van der Waals surface area contributed by atoms with Gasteiger partial charge in [-0.2, -0.15) is 5.10 Å². The van der Waals surface area contributed by atoms with Crippen LogP contribution in [-0.2, 0) is 9.59 Å².